The lowest BCUT2D eigenvalue weighted by molar-refractivity contribution is -0.141. The van der Waals surface area contributed by atoms with Crippen LogP contribution in [0.15, 0.2) is 18.2 Å². The largest absolute Gasteiger partial charge is 0.481 e. The van der Waals surface area contributed by atoms with Gasteiger partial charge in [0.05, 0.1) is 10.8 Å². The number of carboxylic acids is 1. The average molecular weight is 309 g/mol. The van der Waals surface area contributed by atoms with Crippen LogP contribution in [0.3, 0.4) is 0 Å². The van der Waals surface area contributed by atoms with Gasteiger partial charge in [-0.15, -0.1) is 11.3 Å². The molecule has 1 aromatic heterocycles. The van der Waals surface area contributed by atoms with E-state index in [4.69, 9.17) is 5.11 Å². The summed E-state index contributed by atoms with van der Waals surface area (Å²) in [6.45, 7) is 4.96. The van der Waals surface area contributed by atoms with Crippen LogP contribution in [0.25, 0.3) is 10.1 Å². The molecule has 2 aromatic rings. The highest BCUT2D eigenvalue weighted by Gasteiger charge is 2.23. The predicted molar refractivity (Wildman–Crippen MR) is 80.2 cm³/mol. The van der Waals surface area contributed by atoms with Crippen LogP contribution >= 0.6 is 11.3 Å². The third-order valence-electron chi connectivity index (χ3n) is 3.60. The smallest absolute Gasteiger partial charge is 0.308 e. The van der Waals surface area contributed by atoms with Gasteiger partial charge in [0, 0.05) is 10.7 Å². The van der Waals surface area contributed by atoms with Gasteiger partial charge in [-0.2, -0.15) is 0 Å². The van der Waals surface area contributed by atoms with Crippen LogP contribution < -0.4 is 5.32 Å². The van der Waals surface area contributed by atoms with Crippen molar-refractivity contribution in [2.24, 2.45) is 5.92 Å². The van der Waals surface area contributed by atoms with Crippen LogP contribution in [0.2, 0.25) is 0 Å². The van der Waals surface area contributed by atoms with Crippen molar-refractivity contribution >= 4 is 33.3 Å². The van der Waals surface area contributed by atoms with Gasteiger partial charge in [-0.05, 0) is 49.9 Å². The zero-order chi connectivity index (χ0) is 15.7. The van der Waals surface area contributed by atoms with E-state index in [0.717, 1.165) is 4.70 Å². The lowest BCUT2D eigenvalue weighted by Crippen LogP contribution is -2.39. The molecule has 112 valence electrons. The highest BCUT2D eigenvalue weighted by molar-refractivity contribution is 7.21. The Labute approximate surface area is 125 Å². The maximum absolute atomic E-state index is 13.3. The van der Waals surface area contributed by atoms with Crippen molar-refractivity contribution in [2.45, 2.75) is 26.8 Å². The molecule has 1 heterocycles. The summed E-state index contributed by atoms with van der Waals surface area (Å²) in [4.78, 5) is 23.7. The van der Waals surface area contributed by atoms with Crippen LogP contribution in [-0.4, -0.2) is 23.0 Å². The standard InChI is InChI=1S/C15H16FNO3S/c1-7(15(19)20)9(3)17-14(18)13-8(2)11-6-10(16)4-5-12(11)21-13/h4-7,9H,1-3H3,(H,17,18)(H,19,20). The number of hydrogen-bond donors (Lipinski definition) is 2. The van der Waals surface area contributed by atoms with Gasteiger partial charge in [-0.25, -0.2) is 4.39 Å². The first-order valence-electron chi connectivity index (χ1n) is 6.53. The molecule has 0 fully saturated rings. The summed E-state index contributed by atoms with van der Waals surface area (Å²) < 4.78 is 14.1. The number of nitrogens with one attached hydrogen (secondary N) is 1. The third kappa shape index (κ3) is 3.05. The van der Waals surface area contributed by atoms with Gasteiger partial charge in [0.2, 0.25) is 0 Å². The highest BCUT2D eigenvalue weighted by Crippen LogP contribution is 2.31. The van der Waals surface area contributed by atoms with E-state index in [1.54, 1.807) is 26.8 Å². The number of benzene rings is 1. The maximum Gasteiger partial charge on any atom is 0.308 e. The summed E-state index contributed by atoms with van der Waals surface area (Å²) >= 11 is 1.28. The molecule has 1 amide bonds. The second kappa shape index (κ2) is 5.81. The van der Waals surface area contributed by atoms with Gasteiger partial charge < -0.3 is 10.4 Å². The van der Waals surface area contributed by atoms with E-state index in [9.17, 15) is 14.0 Å². The number of halogens is 1. The number of aliphatic carboxylic acids is 1. The molecule has 0 aliphatic heterocycles. The first-order valence-corrected chi connectivity index (χ1v) is 7.35. The summed E-state index contributed by atoms with van der Waals surface area (Å²) in [5, 5.41) is 12.3. The topological polar surface area (TPSA) is 66.4 Å². The minimum Gasteiger partial charge on any atom is -0.481 e. The maximum atomic E-state index is 13.3. The molecular formula is C15H16FNO3S. The number of carbonyl (C=O) groups excluding carboxylic acids is 1. The number of fused-ring (bicyclic) bond motifs is 1. The Kier molecular flexibility index (Phi) is 4.27. The fraction of sp³-hybridized carbons (Fsp3) is 0.333. The van der Waals surface area contributed by atoms with E-state index >= 15 is 0 Å². The number of thiophene rings is 1. The molecule has 1 aromatic carbocycles. The van der Waals surface area contributed by atoms with Crippen LogP contribution in [0.4, 0.5) is 4.39 Å². The van der Waals surface area contributed by atoms with Crippen molar-refractivity contribution < 1.29 is 19.1 Å². The van der Waals surface area contributed by atoms with E-state index in [1.165, 1.54) is 23.5 Å². The Morgan fingerprint density at radius 1 is 1.33 bits per heavy atom. The minimum absolute atomic E-state index is 0.324. The third-order valence-corrected chi connectivity index (χ3v) is 4.87. The fourth-order valence-corrected chi connectivity index (χ4v) is 3.11. The highest BCUT2D eigenvalue weighted by atomic mass is 32.1. The average Bonchev–Trinajstić information content (AvgIpc) is 2.75. The second-order valence-electron chi connectivity index (χ2n) is 5.09. The Bertz CT molecular complexity index is 710. The lowest BCUT2D eigenvalue weighted by atomic mass is 10.0. The summed E-state index contributed by atoms with van der Waals surface area (Å²) in [5.41, 5.74) is 0.710. The van der Waals surface area contributed by atoms with Gasteiger partial charge in [0.25, 0.3) is 5.91 Å². The summed E-state index contributed by atoms with van der Waals surface area (Å²) in [6, 6.07) is 3.91. The zero-order valence-corrected chi connectivity index (χ0v) is 12.8. The van der Waals surface area contributed by atoms with E-state index in [0.29, 0.717) is 15.8 Å². The molecule has 21 heavy (non-hydrogen) atoms. The van der Waals surface area contributed by atoms with Gasteiger partial charge in [-0.1, -0.05) is 0 Å². The molecule has 2 rings (SSSR count). The molecular weight excluding hydrogens is 293 g/mol. The number of aryl methyl sites for hydroxylation is 1. The molecule has 4 nitrogen and oxygen atoms in total. The molecule has 6 heteroatoms. The first-order chi connectivity index (χ1) is 9.81. The van der Waals surface area contributed by atoms with Gasteiger partial charge in [0.1, 0.15) is 5.82 Å². The van der Waals surface area contributed by atoms with Gasteiger partial charge in [-0.3, -0.25) is 9.59 Å². The normalized spacial score (nSPS) is 13.9. The number of rotatable bonds is 4. The Balaban J connectivity index is 2.28. The van der Waals surface area contributed by atoms with Crippen molar-refractivity contribution in [2.75, 3.05) is 0 Å². The van der Waals surface area contributed by atoms with Crippen LogP contribution in [0.1, 0.15) is 29.1 Å². The fourth-order valence-electron chi connectivity index (χ4n) is 2.02. The first kappa shape index (κ1) is 15.4. The van der Waals surface area contributed by atoms with E-state index in [-0.39, 0.29) is 11.7 Å². The van der Waals surface area contributed by atoms with Crippen LogP contribution in [-0.2, 0) is 4.79 Å². The minimum atomic E-state index is -0.960. The second-order valence-corrected chi connectivity index (χ2v) is 6.14. The van der Waals surface area contributed by atoms with Crippen molar-refractivity contribution in [3.8, 4) is 0 Å². The van der Waals surface area contributed by atoms with Crippen molar-refractivity contribution in [1.29, 1.82) is 0 Å². The van der Waals surface area contributed by atoms with Gasteiger partial charge in [0.15, 0.2) is 0 Å². The SMILES string of the molecule is Cc1c(C(=O)NC(C)C(C)C(=O)O)sc2ccc(F)cc12. The van der Waals surface area contributed by atoms with Crippen molar-refractivity contribution in [1.82, 2.24) is 5.32 Å². The van der Waals surface area contributed by atoms with Crippen LogP contribution in [0.5, 0.6) is 0 Å². The quantitative estimate of drug-likeness (QED) is 0.911. The summed E-state index contributed by atoms with van der Waals surface area (Å²) in [7, 11) is 0. The van der Waals surface area contributed by atoms with E-state index < -0.39 is 17.9 Å². The van der Waals surface area contributed by atoms with Gasteiger partial charge >= 0.3 is 5.97 Å². The Morgan fingerprint density at radius 3 is 2.62 bits per heavy atom. The van der Waals surface area contributed by atoms with Crippen molar-refractivity contribution in [3.05, 3.63) is 34.5 Å². The Hall–Kier alpha value is -1.95. The van der Waals surface area contributed by atoms with E-state index in [2.05, 4.69) is 5.32 Å². The summed E-state index contributed by atoms with van der Waals surface area (Å²) in [5.74, 6) is -2.31. The number of carbonyl (C=O) groups is 2. The number of hydrogen-bond acceptors (Lipinski definition) is 3. The molecule has 0 aliphatic carbocycles. The predicted octanol–water partition coefficient (Wildman–Crippen LogP) is 3.19. The molecule has 2 unspecified atom stereocenters. The molecule has 0 radical (unpaired) electrons. The molecule has 2 N–H and O–H groups in total. The molecule has 0 aliphatic rings. The van der Waals surface area contributed by atoms with Crippen LogP contribution in [0, 0.1) is 18.7 Å². The molecule has 0 saturated carbocycles. The molecule has 2 atom stereocenters. The number of amides is 1. The molecule has 0 saturated heterocycles. The molecule has 0 bridgehead atoms. The Morgan fingerprint density at radius 2 is 2.00 bits per heavy atom. The van der Waals surface area contributed by atoms with Crippen molar-refractivity contribution in [3.63, 3.8) is 0 Å². The molecule has 0 spiro atoms. The zero-order valence-electron chi connectivity index (χ0n) is 11.9. The summed E-state index contributed by atoms with van der Waals surface area (Å²) in [6.07, 6.45) is 0. The monoisotopic (exact) mass is 309 g/mol. The number of carboxylic acid groups (broad SMARTS) is 1. The lowest BCUT2D eigenvalue weighted by Gasteiger charge is -2.17. The van der Waals surface area contributed by atoms with E-state index in [1.807, 2.05) is 0 Å².